The summed E-state index contributed by atoms with van der Waals surface area (Å²) >= 11 is 0. The molecule has 0 aromatic carbocycles. The van der Waals surface area contributed by atoms with Crippen molar-refractivity contribution >= 4 is 5.71 Å². The summed E-state index contributed by atoms with van der Waals surface area (Å²) in [7, 11) is 4.37. The van der Waals surface area contributed by atoms with Crippen LogP contribution in [0.5, 0.6) is 0 Å². The van der Waals surface area contributed by atoms with Gasteiger partial charge in [-0.2, -0.15) is 0 Å². The van der Waals surface area contributed by atoms with Gasteiger partial charge in [-0.3, -0.25) is 4.99 Å². The third-order valence-electron chi connectivity index (χ3n) is 4.90. The number of hydrogen-bond donors (Lipinski definition) is 1. The summed E-state index contributed by atoms with van der Waals surface area (Å²) in [4.78, 5) is 6.99. The summed E-state index contributed by atoms with van der Waals surface area (Å²) in [6.07, 6.45) is 17.1. The highest BCUT2D eigenvalue weighted by Crippen LogP contribution is 2.31. The zero-order valence-corrected chi connectivity index (χ0v) is 14.3. The minimum absolute atomic E-state index is 0.387. The molecule has 0 amide bonds. The van der Waals surface area contributed by atoms with Gasteiger partial charge >= 0.3 is 0 Å². The van der Waals surface area contributed by atoms with Gasteiger partial charge < -0.3 is 10.6 Å². The molecule has 3 atom stereocenters. The van der Waals surface area contributed by atoms with Crippen molar-refractivity contribution in [3.8, 4) is 0 Å². The largest absolute Gasteiger partial charge is 0.312 e. The van der Waals surface area contributed by atoms with E-state index in [0.717, 1.165) is 12.8 Å². The van der Waals surface area contributed by atoms with Crippen molar-refractivity contribution < 1.29 is 0 Å². The van der Waals surface area contributed by atoms with E-state index in [1.807, 2.05) is 0 Å². The van der Waals surface area contributed by atoms with E-state index in [1.54, 1.807) is 5.57 Å². The Morgan fingerprint density at radius 1 is 1.41 bits per heavy atom. The summed E-state index contributed by atoms with van der Waals surface area (Å²) < 4.78 is 0. The molecule has 122 valence electrons. The minimum Gasteiger partial charge on any atom is -0.312 e. The van der Waals surface area contributed by atoms with Gasteiger partial charge in [0.15, 0.2) is 0 Å². The van der Waals surface area contributed by atoms with Crippen LogP contribution >= 0.6 is 0 Å². The molecule has 0 spiro atoms. The zero-order chi connectivity index (χ0) is 15.9. The molecular formula is C19H31N3. The molecule has 0 heterocycles. The van der Waals surface area contributed by atoms with Gasteiger partial charge in [-0.25, -0.2) is 0 Å². The molecule has 3 nitrogen and oxygen atoms in total. The van der Waals surface area contributed by atoms with Crippen molar-refractivity contribution in [2.75, 3.05) is 20.8 Å². The summed E-state index contributed by atoms with van der Waals surface area (Å²) in [5, 5.41) is 0. The van der Waals surface area contributed by atoms with E-state index in [1.165, 1.54) is 25.0 Å². The number of hydrogen-bond acceptors (Lipinski definition) is 3. The molecule has 2 rings (SSSR count). The second-order valence-electron chi connectivity index (χ2n) is 6.71. The van der Waals surface area contributed by atoms with Crippen molar-refractivity contribution in [2.45, 2.75) is 45.1 Å². The number of rotatable bonds is 6. The van der Waals surface area contributed by atoms with Crippen LogP contribution in [0.2, 0.25) is 0 Å². The highest BCUT2D eigenvalue weighted by Gasteiger charge is 2.26. The van der Waals surface area contributed by atoms with E-state index in [2.05, 4.69) is 61.3 Å². The fraction of sp³-hybridized carbons (Fsp3) is 0.632. The third kappa shape index (κ3) is 4.40. The molecule has 22 heavy (non-hydrogen) atoms. The maximum absolute atomic E-state index is 5.74. The number of allylic oxidation sites excluding steroid dienone is 5. The van der Waals surface area contributed by atoms with E-state index < -0.39 is 0 Å². The fourth-order valence-corrected chi connectivity index (χ4v) is 3.60. The Morgan fingerprint density at radius 3 is 2.82 bits per heavy atom. The van der Waals surface area contributed by atoms with E-state index in [0.29, 0.717) is 24.5 Å². The van der Waals surface area contributed by atoms with E-state index >= 15 is 0 Å². The first-order chi connectivity index (χ1) is 10.6. The molecule has 0 aliphatic heterocycles. The molecule has 3 unspecified atom stereocenters. The van der Waals surface area contributed by atoms with Gasteiger partial charge in [0.2, 0.25) is 0 Å². The van der Waals surface area contributed by atoms with Gasteiger partial charge in [0.25, 0.3) is 0 Å². The van der Waals surface area contributed by atoms with Gasteiger partial charge in [-0.05, 0) is 45.7 Å². The maximum atomic E-state index is 5.74. The minimum atomic E-state index is 0.387. The molecular weight excluding hydrogens is 270 g/mol. The number of aliphatic imine (C=N–C) groups is 1. The predicted molar refractivity (Wildman–Crippen MR) is 96.1 cm³/mol. The molecule has 2 N–H and O–H groups in total. The van der Waals surface area contributed by atoms with Crippen molar-refractivity contribution in [3.05, 3.63) is 36.0 Å². The molecule has 2 aliphatic rings. The van der Waals surface area contributed by atoms with Crippen LogP contribution in [-0.2, 0) is 0 Å². The molecule has 0 radical (unpaired) electrons. The van der Waals surface area contributed by atoms with Crippen molar-refractivity contribution in [1.29, 1.82) is 0 Å². The molecule has 0 fully saturated rings. The highest BCUT2D eigenvalue weighted by molar-refractivity contribution is 5.89. The van der Waals surface area contributed by atoms with Crippen LogP contribution in [0.1, 0.15) is 39.0 Å². The van der Waals surface area contributed by atoms with Crippen molar-refractivity contribution in [1.82, 2.24) is 4.90 Å². The summed E-state index contributed by atoms with van der Waals surface area (Å²) in [5.41, 5.74) is 8.58. The molecule has 0 aromatic rings. The monoisotopic (exact) mass is 301 g/mol. The lowest BCUT2D eigenvalue weighted by molar-refractivity contribution is 0.307. The molecule has 0 bridgehead atoms. The first kappa shape index (κ1) is 17.2. The summed E-state index contributed by atoms with van der Waals surface area (Å²) in [6, 6.07) is 0.444. The van der Waals surface area contributed by atoms with Gasteiger partial charge in [-0.1, -0.05) is 42.9 Å². The smallest absolute Gasteiger partial charge is 0.0859 e. The quantitative estimate of drug-likeness (QED) is 0.602. The lowest BCUT2D eigenvalue weighted by Crippen LogP contribution is -2.36. The molecule has 0 saturated heterocycles. The SMILES string of the molecule is CC1CCCC=C1C(C/C(=N\CN)C1C=CC=CC1)N(C)C. The van der Waals surface area contributed by atoms with Crippen LogP contribution in [0.15, 0.2) is 40.9 Å². The lowest BCUT2D eigenvalue weighted by Gasteiger charge is -2.34. The van der Waals surface area contributed by atoms with Gasteiger partial charge in [-0.15, -0.1) is 0 Å². The van der Waals surface area contributed by atoms with Crippen LogP contribution in [0.25, 0.3) is 0 Å². The highest BCUT2D eigenvalue weighted by atomic mass is 15.1. The second kappa shape index (κ2) is 8.44. The lowest BCUT2D eigenvalue weighted by atomic mass is 9.81. The van der Waals surface area contributed by atoms with Crippen LogP contribution in [0.4, 0.5) is 0 Å². The van der Waals surface area contributed by atoms with E-state index in [4.69, 9.17) is 5.73 Å². The standard InChI is InChI=1S/C19H31N3/c1-15-9-7-8-12-17(15)19(22(2)3)13-18(21-14-20)16-10-5-4-6-11-16/h4-6,10,12,15-16,19H,7-9,11,13-14,20H2,1-3H3/b21-18+. The van der Waals surface area contributed by atoms with E-state index in [9.17, 15) is 0 Å². The summed E-state index contributed by atoms with van der Waals surface area (Å²) in [5.74, 6) is 1.09. The molecule has 2 aliphatic carbocycles. The first-order valence-corrected chi connectivity index (χ1v) is 8.56. The fourth-order valence-electron chi connectivity index (χ4n) is 3.60. The Morgan fingerprint density at radius 2 is 2.23 bits per heavy atom. The maximum Gasteiger partial charge on any atom is 0.0859 e. The number of nitrogens with two attached hydrogens (primary N) is 1. The first-order valence-electron chi connectivity index (χ1n) is 8.56. The Bertz CT molecular complexity index is 471. The van der Waals surface area contributed by atoms with Gasteiger partial charge in [0.05, 0.1) is 6.67 Å². The average Bonchev–Trinajstić information content (AvgIpc) is 2.53. The van der Waals surface area contributed by atoms with Crippen molar-refractivity contribution in [3.63, 3.8) is 0 Å². The number of nitrogens with zero attached hydrogens (tertiary/aromatic N) is 2. The van der Waals surface area contributed by atoms with E-state index in [-0.39, 0.29) is 0 Å². The molecule has 0 aromatic heterocycles. The Kier molecular flexibility index (Phi) is 6.59. The average molecular weight is 301 g/mol. The second-order valence-corrected chi connectivity index (χ2v) is 6.71. The van der Waals surface area contributed by atoms with Gasteiger partial charge in [0, 0.05) is 24.1 Å². The Hall–Kier alpha value is -1.19. The zero-order valence-electron chi connectivity index (χ0n) is 14.3. The molecule has 3 heteroatoms. The predicted octanol–water partition coefficient (Wildman–Crippen LogP) is 3.54. The van der Waals surface area contributed by atoms with Gasteiger partial charge in [0.1, 0.15) is 0 Å². The van der Waals surface area contributed by atoms with Crippen LogP contribution in [0, 0.1) is 11.8 Å². The van der Waals surface area contributed by atoms with Crippen molar-refractivity contribution in [2.24, 2.45) is 22.6 Å². The van der Waals surface area contributed by atoms with Crippen LogP contribution in [-0.4, -0.2) is 37.4 Å². The topological polar surface area (TPSA) is 41.6 Å². The van der Waals surface area contributed by atoms with Crippen LogP contribution < -0.4 is 5.73 Å². The summed E-state index contributed by atoms with van der Waals surface area (Å²) in [6.45, 7) is 2.75. The molecule has 0 saturated carbocycles. The third-order valence-corrected chi connectivity index (χ3v) is 4.90. The Labute approximate surface area is 135 Å². The van der Waals surface area contributed by atoms with Crippen LogP contribution in [0.3, 0.4) is 0 Å². The number of likely N-dealkylation sites (N-methyl/N-ethyl adjacent to an activating group) is 1. The normalized spacial score (nSPS) is 27.1. The Balaban J connectivity index is 2.17.